The van der Waals surface area contributed by atoms with Crippen molar-refractivity contribution in [3.05, 3.63) is 18.3 Å². The lowest BCUT2D eigenvalue weighted by atomic mass is 10.0. The Labute approximate surface area is 126 Å². The van der Waals surface area contributed by atoms with Gasteiger partial charge >= 0.3 is 0 Å². The fraction of sp³-hybridized carbons (Fsp3) is 0.600. The molecule has 116 valence electrons. The smallest absolute Gasteiger partial charge is 0.242 e. The van der Waals surface area contributed by atoms with Gasteiger partial charge in [-0.15, -0.1) is 0 Å². The van der Waals surface area contributed by atoms with Gasteiger partial charge in [0.25, 0.3) is 0 Å². The van der Waals surface area contributed by atoms with E-state index in [0.717, 1.165) is 31.6 Å². The van der Waals surface area contributed by atoms with Crippen molar-refractivity contribution < 1.29 is 4.79 Å². The fourth-order valence-electron chi connectivity index (χ4n) is 2.53. The molecule has 2 heterocycles. The summed E-state index contributed by atoms with van der Waals surface area (Å²) in [5, 5.41) is 2.69. The van der Waals surface area contributed by atoms with Gasteiger partial charge in [-0.3, -0.25) is 4.79 Å². The Morgan fingerprint density at radius 1 is 1.43 bits per heavy atom. The highest BCUT2D eigenvalue weighted by atomic mass is 16.2. The third-order valence-electron chi connectivity index (χ3n) is 3.97. The number of hydrogen-bond acceptors (Lipinski definition) is 5. The number of piperidine rings is 1. The molecule has 21 heavy (non-hydrogen) atoms. The molecule has 0 spiro atoms. The second-order valence-corrected chi connectivity index (χ2v) is 5.86. The topological polar surface area (TPSA) is 74.5 Å². The van der Waals surface area contributed by atoms with E-state index in [0.29, 0.717) is 11.9 Å². The molecule has 3 N–H and O–H groups in total. The summed E-state index contributed by atoms with van der Waals surface area (Å²) in [4.78, 5) is 20.4. The van der Waals surface area contributed by atoms with Gasteiger partial charge in [-0.05, 0) is 46.0 Å². The molecule has 0 radical (unpaired) electrons. The molecule has 1 unspecified atom stereocenters. The second-order valence-electron chi connectivity index (χ2n) is 5.86. The standard InChI is InChI=1S/C15H25N5O/c1-11(16)15(21)18-14-5-4-13(10-17-14)20-8-6-12(7-9-20)19(2)3/h4-5,10-12H,6-9,16H2,1-3H3,(H,17,18,21). The molecule has 0 aliphatic carbocycles. The van der Waals surface area contributed by atoms with Gasteiger partial charge in [0, 0.05) is 19.1 Å². The molecule has 1 amide bonds. The maximum Gasteiger partial charge on any atom is 0.242 e. The van der Waals surface area contributed by atoms with Crippen molar-refractivity contribution in [3.8, 4) is 0 Å². The maximum atomic E-state index is 11.5. The van der Waals surface area contributed by atoms with Gasteiger partial charge in [-0.25, -0.2) is 4.98 Å². The van der Waals surface area contributed by atoms with Gasteiger partial charge < -0.3 is 20.9 Å². The molecular weight excluding hydrogens is 266 g/mol. The number of rotatable bonds is 4. The minimum absolute atomic E-state index is 0.220. The van der Waals surface area contributed by atoms with Crippen molar-refractivity contribution in [2.24, 2.45) is 5.73 Å². The van der Waals surface area contributed by atoms with Gasteiger partial charge in [-0.2, -0.15) is 0 Å². The van der Waals surface area contributed by atoms with E-state index in [1.165, 1.54) is 0 Å². The molecule has 1 saturated heterocycles. The summed E-state index contributed by atoms with van der Waals surface area (Å²) in [5.74, 6) is 0.325. The number of hydrogen-bond donors (Lipinski definition) is 2. The lowest BCUT2D eigenvalue weighted by molar-refractivity contribution is -0.117. The minimum Gasteiger partial charge on any atom is -0.370 e. The summed E-state index contributed by atoms with van der Waals surface area (Å²) in [6.07, 6.45) is 4.14. The van der Waals surface area contributed by atoms with Crippen LogP contribution in [0.4, 0.5) is 11.5 Å². The largest absolute Gasteiger partial charge is 0.370 e. The lowest BCUT2D eigenvalue weighted by Gasteiger charge is -2.36. The lowest BCUT2D eigenvalue weighted by Crippen LogP contribution is -2.42. The van der Waals surface area contributed by atoms with Crippen LogP contribution < -0.4 is 16.0 Å². The zero-order valence-electron chi connectivity index (χ0n) is 13.0. The molecule has 1 fully saturated rings. The number of anilines is 2. The number of nitrogens with zero attached hydrogens (tertiary/aromatic N) is 3. The van der Waals surface area contributed by atoms with E-state index < -0.39 is 6.04 Å². The highest BCUT2D eigenvalue weighted by Gasteiger charge is 2.20. The number of aromatic nitrogens is 1. The van der Waals surface area contributed by atoms with E-state index in [1.54, 1.807) is 6.92 Å². The van der Waals surface area contributed by atoms with Crippen LogP contribution in [0.25, 0.3) is 0 Å². The van der Waals surface area contributed by atoms with Crippen LogP contribution >= 0.6 is 0 Å². The highest BCUT2D eigenvalue weighted by Crippen LogP contribution is 2.21. The normalized spacial score (nSPS) is 17.9. The van der Waals surface area contributed by atoms with Crippen molar-refractivity contribution in [3.63, 3.8) is 0 Å². The van der Waals surface area contributed by atoms with Gasteiger partial charge in [0.2, 0.25) is 5.91 Å². The van der Waals surface area contributed by atoms with E-state index >= 15 is 0 Å². The average molecular weight is 291 g/mol. The summed E-state index contributed by atoms with van der Waals surface area (Å²) >= 11 is 0. The van der Waals surface area contributed by atoms with E-state index in [-0.39, 0.29) is 5.91 Å². The molecule has 6 nitrogen and oxygen atoms in total. The third-order valence-corrected chi connectivity index (χ3v) is 3.97. The van der Waals surface area contributed by atoms with Gasteiger partial charge in [0.05, 0.1) is 17.9 Å². The van der Waals surface area contributed by atoms with E-state index in [2.05, 4.69) is 34.2 Å². The van der Waals surface area contributed by atoms with Crippen LogP contribution in [-0.2, 0) is 4.79 Å². The van der Waals surface area contributed by atoms with E-state index in [1.807, 2.05) is 18.3 Å². The van der Waals surface area contributed by atoms with Crippen LogP contribution in [0, 0.1) is 0 Å². The summed E-state index contributed by atoms with van der Waals surface area (Å²) < 4.78 is 0. The van der Waals surface area contributed by atoms with Crippen molar-refractivity contribution in [2.45, 2.75) is 31.8 Å². The fourth-order valence-corrected chi connectivity index (χ4v) is 2.53. The molecule has 1 aliphatic rings. The molecular formula is C15H25N5O. The van der Waals surface area contributed by atoms with Gasteiger partial charge in [0.15, 0.2) is 0 Å². The predicted octanol–water partition coefficient (Wildman–Crippen LogP) is 0.898. The zero-order chi connectivity index (χ0) is 15.4. The molecule has 1 aromatic heterocycles. The Morgan fingerprint density at radius 2 is 2.10 bits per heavy atom. The van der Waals surface area contributed by atoms with E-state index in [9.17, 15) is 4.79 Å². The SMILES string of the molecule is CC(N)C(=O)Nc1ccc(N2CCC(N(C)C)CC2)cn1. The summed E-state index contributed by atoms with van der Waals surface area (Å²) in [5.41, 5.74) is 6.62. The molecule has 1 atom stereocenters. The Morgan fingerprint density at radius 3 is 2.57 bits per heavy atom. The first-order chi connectivity index (χ1) is 9.97. The van der Waals surface area contributed by atoms with Crippen molar-refractivity contribution in [2.75, 3.05) is 37.4 Å². The average Bonchev–Trinajstić information content (AvgIpc) is 2.48. The molecule has 1 aromatic rings. The van der Waals surface area contributed by atoms with Crippen molar-refractivity contribution in [1.82, 2.24) is 9.88 Å². The first-order valence-electron chi connectivity index (χ1n) is 7.41. The Kier molecular flexibility index (Phi) is 5.14. The first kappa shape index (κ1) is 15.7. The molecule has 0 saturated carbocycles. The second kappa shape index (κ2) is 6.87. The zero-order valence-corrected chi connectivity index (χ0v) is 13.0. The number of nitrogens with one attached hydrogen (secondary N) is 1. The Balaban J connectivity index is 1.92. The van der Waals surface area contributed by atoms with Crippen molar-refractivity contribution >= 4 is 17.4 Å². The molecule has 1 aliphatic heterocycles. The first-order valence-corrected chi connectivity index (χ1v) is 7.41. The Hall–Kier alpha value is -1.66. The molecule has 2 rings (SSSR count). The predicted molar refractivity (Wildman–Crippen MR) is 85.4 cm³/mol. The summed E-state index contributed by atoms with van der Waals surface area (Å²) in [6, 6.07) is 3.96. The third kappa shape index (κ3) is 4.15. The van der Waals surface area contributed by atoms with Crippen LogP contribution in [0.2, 0.25) is 0 Å². The van der Waals surface area contributed by atoms with Crippen LogP contribution in [0.15, 0.2) is 18.3 Å². The number of amides is 1. The number of carbonyl (C=O) groups excluding carboxylic acids is 1. The highest BCUT2D eigenvalue weighted by molar-refractivity contribution is 5.93. The Bertz CT molecular complexity index is 463. The van der Waals surface area contributed by atoms with Crippen LogP contribution in [0.3, 0.4) is 0 Å². The number of nitrogens with two attached hydrogens (primary N) is 1. The van der Waals surface area contributed by atoms with Gasteiger partial charge in [0.1, 0.15) is 5.82 Å². The summed E-state index contributed by atoms with van der Waals surface area (Å²) in [7, 11) is 4.27. The number of pyridine rings is 1. The minimum atomic E-state index is -0.531. The maximum absolute atomic E-state index is 11.5. The van der Waals surface area contributed by atoms with Crippen LogP contribution in [0.5, 0.6) is 0 Å². The molecule has 0 bridgehead atoms. The van der Waals surface area contributed by atoms with Crippen LogP contribution in [-0.4, -0.2) is 55.1 Å². The quantitative estimate of drug-likeness (QED) is 0.862. The van der Waals surface area contributed by atoms with Gasteiger partial charge in [-0.1, -0.05) is 0 Å². The number of carbonyl (C=O) groups is 1. The molecule has 0 aromatic carbocycles. The monoisotopic (exact) mass is 291 g/mol. The molecule has 6 heteroatoms. The van der Waals surface area contributed by atoms with E-state index in [4.69, 9.17) is 5.73 Å². The summed E-state index contributed by atoms with van der Waals surface area (Å²) in [6.45, 7) is 3.73. The van der Waals surface area contributed by atoms with Crippen LogP contribution in [0.1, 0.15) is 19.8 Å². The van der Waals surface area contributed by atoms with Crippen molar-refractivity contribution in [1.29, 1.82) is 0 Å².